The van der Waals surface area contributed by atoms with Gasteiger partial charge in [0, 0.05) is 14.1 Å². The van der Waals surface area contributed by atoms with Crippen molar-refractivity contribution in [1.29, 1.82) is 0 Å². The number of aromatic carboxylic acids is 2. The molecule has 47 heavy (non-hydrogen) atoms. The van der Waals surface area contributed by atoms with E-state index in [-0.39, 0.29) is 79.1 Å². The fourth-order valence-electron chi connectivity index (χ4n) is 2.40. The van der Waals surface area contributed by atoms with E-state index in [1.807, 2.05) is 0 Å². The molecule has 0 aliphatic carbocycles. The van der Waals surface area contributed by atoms with Crippen LogP contribution in [0.15, 0.2) is 0 Å². The molecule has 0 bridgehead atoms. The summed E-state index contributed by atoms with van der Waals surface area (Å²) in [4.78, 5) is 49.3. The Balaban J connectivity index is -0.000000539. The van der Waals surface area contributed by atoms with Crippen LogP contribution < -0.4 is 37.8 Å². The van der Waals surface area contributed by atoms with Crippen molar-refractivity contribution in [2.45, 2.75) is 7.43 Å². The number of hydrogen-bond acceptors (Lipinski definition) is 19. The first kappa shape index (κ1) is 45.6. The van der Waals surface area contributed by atoms with Crippen molar-refractivity contribution >= 4 is 23.9 Å². The van der Waals surface area contributed by atoms with E-state index in [0.29, 0.717) is 0 Å². The molecule has 256 valence electrons. The molecular weight excluding hydrogens is 635 g/mol. The number of methoxy groups -OCH3 is 6. The molecule has 4 aromatic rings. The molecule has 0 saturated heterocycles. The minimum Gasteiger partial charge on any atom is -0.870 e. The fourth-order valence-corrected chi connectivity index (χ4v) is 2.40. The minimum atomic E-state index is -1.16. The Hall–Kier alpha value is -5.80. The van der Waals surface area contributed by atoms with E-state index in [1.165, 1.54) is 58.8 Å². The number of hydrogen-bond donors (Lipinski definition) is 4. The normalized spacial score (nSPS) is 8.85. The Labute approximate surface area is 277 Å². The van der Waals surface area contributed by atoms with Crippen LogP contribution in [-0.4, -0.2) is 142 Å². The quantitative estimate of drug-likeness (QED) is 0.102. The van der Waals surface area contributed by atoms with Crippen molar-refractivity contribution in [2.24, 2.45) is 14.1 Å². The Morgan fingerprint density at radius 3 is 1.32 bits per heavy atom. The monoisotopic (exact) mass is 668 g/mol. The Morgan fingerprint density at radius 2 is 1.02 bits per heavy atom. The van der Waals surface area contributed by atoms with Crippen LogP contribution in [0.3, 0.4) is 0 Å². The first-order valence-corrected chi connectivity index (χ1v) is 11.3. The average Bonchev–Trinajstić information content (AvgIpc) is 3.83. The van der Waals surface area contributed by atoms with Crippen molar-refractivity contribution in [3.8, 4) is 24.0 Å². The molecule has 0 atom stereocenters. The maximum absolute atomic E-state index is 11.0. The van der Waals surface area contributed by atoms with Gasteiger partial charge < -0.3 is 44.1 Å². The smallest absolute Gasteiger partial charge is 0.870 e. The van der Waals surface area contributed by atoms with Crippen molar-refractivity contribution in [3.63, 3.8) is 0 Å². The zero-order chi connectivity index (χ0) is 33.4. The summed E-state index contributed by atoms with van der Waals surface area (Å²) < 4.78 is 30.1. The molecule has 0 aliphatic rings. The number of nitrogens with zero attached hydrogens (tertiary/aromatic N) is 10. The molecule has 26 heteroatoms. The number of aromatic nitrogens is 12. The third-order valence-corrected chi connectivity index (χ3v) is 4.47. The first-order chi connectivity index (χ1) is 20.9. The van der Waals surface area contributed by atoms with Crippen molar-refractivity contribution in [1.82, 2.24) is 59.9 Å². The van der Waals surface area contributed by atoms with Crippen LogP contribution in [0.2, 0.25) is 0 Å². The number of H-pyrrole nitrogens is 2. The Morgan fingerprint density at radius 1 is 0.617 bits per heavy atom. The van der Waals surface area contributed by atoms with Crippen LogP contribution in [0.5, 0.6) is 24.0 Å². The van der Waals surface area contributed by atoms with E-state index < -0.39 is 23.9 Å². The predicted molar refractivity (Wildman–Crippen MR) is 146 cm³/mol. The van der Waals surface area contributed by atoms with Gasteiger partial charge >= 0.3 is 66.8 Å². The van der Waals surface area contributed by atoms with E-state index >= 15 is 0 Å². The largest absolute Gasteiger partial charge is 1.00 e. The number of carbonyl (C=O) groups excluding carboxylic acids is 2. The van der Waals surface area contributed by atoms with Crippen LogP contribution in [0, 0.1) is 0 Å². The second kappa shape index (κ2) is 22.7. The summed E-state index contributed by atoms with van der Waals surface area (Å²) in [5.74, 6) is -3.59. The summed E-state index contributed by atoms with van der Waals surface area (Å²) in [5, 5.41) is 42.3. The van der Waals surface area contributed by atoms with Crippen LogP contribution >= 0.6 is 0 Å². The summed E-state index contributed by atoms with van der Waals surface area (Å²) in [5.41, 5.74) is 0. The zero-order valence-corrected chi connectivity index (χ0v) is 25.9. The molecule has 4 aromatic heterocycles. The molecule has 0 unspecified atom stereocenters. The zero-order valence-electron chi connectivity index (χ0n) is 25.9. The molecule has 0 radical (unpaired) electrons. The molecule has 0 fully saturated rings. The van der Waals surface area contributed by atoms with Gasteiger partial charge in [0.05, 0.1) is 42.7 Å². The number of aromatic amines is 2. The van der Waals surface area contributed by atoms with Gasteiger partial charge in [0.2, 0.25) is 23.3 Å². The van der Waals surface area contributed by atoms with Gasteiger partial charge in [0.1, 0.15) is 0 Å². The van der Waals surface area contributed by atoms with Crippen molar-refractivity contribution < 1.29 is 82.1 Å². The summed E-state index contributed by atoms with van der Waals surface area (Å²) >= 11 is 0. The third-order valence-electron chi connectivity index (χ3n) is 4.47. The van der Waals surface area contributed by atoms with Gasteiger partial charge in [-0.1, -0.05) is 17.6 Å². The van der Waals surface area contributed by atoms with E-state index in [0.717, 1.165) is 0 Å². The van der Waals surface area contributed by atoms with Crippen molar-refractivity contribution in [2.75, 3.05) is 42.7 Å². The van der Waals surface area contributed by atoms with E-state index in [9.17, 15) is 19.2 Å². The summed E-state index contributed by atoms with van der Waals surface area (Å²) in [7, 11) is 11.3. The molecule has 5 N–H and O–H groups in total. The van der Waals surface area contributed by atoms with Crippen molar-refractivity contribution in [3.05, 3.63) is 23.3 Å². The van der Waals surface area contributed by atoms with E-state index in [2.05, 4.69) is 69.7 Å². The SMILES string of the molecule is C.COC(=O)c1nc(OC)n[nH]1.COC(=O)c1nnc(OC)n1C.COc1n[nH]c(C(=O)O)n1.COc1nnc(C(=O)O)n1C.[Li+].[OH-]. The molecule has 4 rings (SSSR count). The topological polar surface area (TPSA) is 339 Å². The molecule has 0 saturated carbocycles. The van der Waals surface area contributed by atoms with Gasteiger partial charge in [0.25, 0.3) is 0 Å². The maximum atomic E-state index is 11.0. The van der Waals surface area contributed by atoms with Gasteiger partial charge in [0.15, 0.2) is 0 Å². The summed E-state index contributed by atoms with van der Waals surface area (Å²) in [6.07, 6.45) is 0. The number of esters is 2. The minimum absolute atomic E-state index is 0. The van der Waals surface area contributed by atoms with Crippen LogP contribution in [-0.2, 0) is 23.6 Å². The Kier molecular flexibility index (Phi) is 22.0. The van der Waals surface area contributed by atoms with E-state index in [1.54, 1.807) is 7.05 Å². The standard InChI is InChI=1S/C6H9N3O3.2C5H7N3O3.C4H5N3O3.CH4.Li.H2O/c1-9-4(5(10)11-2)7-8-6(9)12-3;1-8-3(4(9)10)6-7-5(8)11-2;1-10-4(9)3-6-5(11-2)8-7-3;1-10-4-5-2(3(8)9)6-7-4;;;/h1-3H3;1-2H3,(H,9,10);1-2H3,(H,6,7,8);1H3,(H,8,9)(H,5,6,7);1H4;;1H2/q;;;;;+1;/p-1. The second-order valence-corrected chi connectivity index (χ2v) is 7.07. The van der Waals surface area contributed by atoms with Crippen LogP contribution in [0.1, 0.15) is 49.9 Å². The average molecular weight is 669 g/mol. The maximum Gasteiger partial charge on any atom is 1.00 e. The molecule has 0 spiro atoms. The Bertz CT molecular complexity index is 1540. The molecule has 0 aromatic carbocycles. The first-order valence-electron chi connectivity index (χ1n) is 11.3. The number of carboxylic acid groups (broad SMARTS) is 2. The molecule has 4 heterocycles. The van der Waals surface area contributed by atoms with Gasteiger partial charge in [-0.2, -0.15) is 9.97 Å². The third kappa shape index (κ3) is 13.4. The van der Waals surface area contributed by atoms with Gasteiger partial charge in [-0.05, 0) is 0 Å². The molecule has 0 aliphatic heterocycles. The molecule has 25 nitrogen and oxygen atoms in total. The number of carboxylic acids is 2. The molecular formula is C21H33LiN12O13. The van der Waals surface area contributed by atoms with Crippen LogP contribution in [0.25, 0.3) is 0 Å². The number of nitrogens with one attached hydrogen (secondary N) is 2. The van der Waals surface area contributed by atoms with Gasteiger partial charge in [-0.25, -0.2) is 19.2 Å². The number of ether oxygens (including phenoxy) is 6. The van der Waals surface area contributed by atoms with Gasteiger partial charge in [-0.15, -0.1) is 20.4 Å². The summed E-state index contributed by atoms with van der Waals surface area (Å²) in [6.45, 7) is 0. The van der Waals surface area contributed by atoms with Gasteiger partial charge in [-0.3, -0.25) is 19.3 Å². The number of carbonyl (C=O) groups is 4. The fraction of sp³-hybridized carbons (Fsp3) is 0.429. The number of rotatable bonds is 8. The summed E-state index contributed by atoms with van der Waals surface area (Å²) in [6, 6.07) is 0.598. The second-order valence-electron chi connectivity index (χ2n) is 7.07. The predicted octanol–water partition coefficient (Wildman–Crippen LogP) is -4.29. The molecule has 0 amide bonds. The van der Waals surface area contributed by atoms with E-state index in [4.69, 9.17) is 19.7 Å². The van der Waals surface area contributed by atoms with Crippen LogP contribution in [0.4, 0.5) is 0 Å².